The Hall–Kier alpha value is -10.7. The number of aliphatic carboxylic acids is 1. The third kappa shape index (κ3) is 19.1. The number of carbonyl (C=O) groups excluding carboxylic acids is 12. The third-order valence-corrected chi connectivity index (χ3v) is 22.8. The molecule has 12 atom stereocenters. The van der Waals surface area contributed by atoms with Crippen molar-refractivity contribution >= 4 is 132 Å². The molecule has 6 aromatic rings. The van der Waals surface area contributed by atoms with Crippen molar-refractivity contribution in [1.82, 2.24) is 70.9 Å². The summed E-state index contributed by atoms with van der Waals surface area (Å²) in [5, 5.41) is 25.4. The van der Waals surface area contributed by atoms with Crippen molar-refractivity contribution in [3.8, 4) is 0 Å². The molecule has 5 aliphatic heterocycles. The van der Waals surface area contributed by atoms with E-state index in [1.807, 2.05) is 18.2 Å². The van der Waals surface area contributed by atoms with Crippen molar-refractivity contribution < 1.29 is 80.1 Å². The summed E-state index contributed by atoms with van der Waals surface area (Å²) in [6.07, 6.45) is 2.32. The van der Waals surface area contributed by atoms with E-state index < -0.39 is 184 Å². The van der Waals surface area contributed by atoms with E-state index in [0.29, 0.717) is 55.5 Å². The summed E-state index contributed by atoms with van der Waals surface area (Å²) in [4.78, 5) is 207. The first-order valence-electron chi connectivity index (χ1n) is 36.4. The number of sulfone groups is 1. The largest absolute Gasteiger partial charge is 0.480 e. The Kier molecular flexibility index (Phi) is 26.6. The predicted octanol–water partition coefficient (Wildman–Crippen LogP) is 1.28. The Morgan fingerprint density at radius 3 is 1.73 bits per heavy atom. The van der Waals surface area contributed by atoms with Gasteiger partial charge in [0.25, 0.3) is 0 Å². The number of amides is 12. The van der Waals surface area contributed by atoms with Gasteiger partial charge in [-0.3, -0.25) is 57.5 Å². The zero-order valence-corrected chi connectivity index (χ0v) is 64.4. The number of β-lactam (4-membered cyclic amide) rings is 1. The first kappa shape index (κ1) is 81.8. The monoisotopic (exact) mass is 1570 g/mol. The topological polar surface area (TPSA) is 408 Å². The van der Waals surface area contributed by atoms with Crippen molar-refractivity contribution in [3.63, 3.8) is 0 Å². The number of hydrogen-bond acceptors (Lipinski definition) is 16. The number of fused-ring (bicyclic) bond motifs is 29. The van der Waals surface area contributed by atoms with E-state index in [2.05, 4.69) is 36.6 Å². The standard InChI is InChI=1S/C76H91ClN14O17S2/c1-43-66(94)81-54(29-33-109-106)70(98)87(5)61(35-45-17-9-8-10-18-45)68(96)83-56(37-47-40-78-52-21-13-11-19-50(47)52)72(100)89-31-15-23-58(89)74(102)85(3)42-64(93)86(4)60(36-46-25-27-49(77)28-26-46)67(95)82-55(30-34-110(7,107)108)71(99)88(6)65-44(2)91(75(65)103)62(38-48-41-79-53-22-14-12-20-51(48)53)69(97)84-57(39-63(92)80-43)73(101)90-32-16-24-59(90)76(104)105/h8-14,17-22,25-28,40-41,43-44,54-62,65,78-79H,15-16,23-24,29-39,42H2,1-7H3,(H5-,80,81,82,83,84,92,94,95,96,97,104,105)/p+1/t43-,44?,54-,55-,56-,57-,58-,59-,60-,61-,62-,65+/m0/s1. The van der Waals surface area contributed by atoms with E-state index in [1.54, 1.807) is 97.3 Å². The Morgan fingerprint density at radius 1 is 0.573 bits per heavy atom. The minimum atomic E-state index is -3.88. The van der Waals surface area contributed by atoms with Crippen LogP contribution in [0.2, 0.25) is 5.02 Å². The van der Waals surface area contributed by atoms with Gasteiger partial charge < -0.3 is 76.0 Å². The van der Waals surface area contributed by atoms with Crippen LogP contribution in [0, 0.1) is 0 Å². The van der Waals surface area contributed by atoms with Gasteiger partial charge in [0.15, 0.2) is 0 Å². The summed E-state index contributed by atoms with van der Waals surface area (Å²) in [6, 6.07) is 11.5. The number of carboxylic acids is 1. The van der Waals surface area contributed by atoms with Crippen molar-refractivity contribution in [2.75, 3.05) is 65.6 Å². The molecule has 2 bridgehead atoms. The highest BCUT2D eigenvalue weighted by molar-refractivity contribution is 7.90. The first-order chi connectivity index (χ1) is 52.3. The van der Waals surface area contributed by atoms with Crippen molar-refractivity contribution in [2.24, 2.45) is 0 Å². The lowest BCUT2D eigenvalue weighted by Gasteiger charge is -2.52. The molecular weight excluding hydrogens is 1480 g/mol. The molecule has 5 fully saturated rings. The van der Waals surface area contributed by atoms with Gasteiger partial charge in [0.2, 0.25) is 76.6 Å². The number of aromatic nitrogens is 2. The lowest BCUT2D eigenvalue weighted by molar-refractivity contribution is -0.170. The maximum Gasteiger partial charge on any atom is 0.458 e. The molecule has 2 aromatic heterocycles. The normalized spacial score (nSPS) is 25.4. The lowest BCUT2D eigenvalue weighted by Crippen LogP contribution is -2.75. The lowest BCUT2D eigenvalue weighted by atomic mass is 9.89. The number of hydrogen-bond donors (Lipinski definition) is 8. The Labute approximate surface area is 644 Å². The highest BCUT2D eigenvalue weighted by Gasteiger charge is 2.54. The Bertz CT molecular complexity index is 4620. The zero-order chi connectivity index (χ0) is 79.6. The molecule has 11 rings (SSSR count). The van der Waals surface area contributed by atoms with Gasteiger partial charge in [0.1, 0.15) is 76.3 Å². The Balaban J connectivity index is 1.04. The molecule has 0 aliphatic carbocycles. The average molecular weight is 1570 g/mol. The molecule has 34 heteroatoms. The summed E-state index contributed by atoms with van der Waals surface area (Å²) in [5.74, 6) is -12.9. The summed E-state index contributed by atoms with van der Waals surface area (Å²) >= 11 is 6.40. The van der Waals surface area contributed by atoms with E-state index in [-0.39, 0.29) is 81.9 Å². The van der Waals surface area contributed by atoms with Gasteiger partial charge in [-0.15, -0.1) is 0 Å². The Morgan fingerprint density at radius 2 is 1.12 bits per heavy atom. The van der Waals surface area contributed by atoms with Crippen molar-refractivity contribution in [1.29, 1.82) is 0 Å². The predicted molar refractivity (Wildman–Crippen MR) is 406 cm³/mol. The number of rotatable bonds is 16. The number of likely N-dealkylation sites (N-methyl/N-ethyl adjacent to an activating group) is 4. The van der Waals surface area contributed by atoms with Crippen LogP contribution < -0.4 is 26.6 Å². The molecule has 586 valence electrons. The van der Waals surface area contributed by atoms with E-state index in [9.17, 15) is 46.5 Å². The minimum Gasteiger partial charge on any atom is -0.480 e. The van der Waals surface area contributed by atoms with E-state index >= 15 is 33.6 Å². The molecule has 31 nitrogen and oxygen atoms in total. The highest BCUT2D eigenvalue weighted by Crippen LogP contribution is 2.33. The zero-order valence-electron chi connectivity index (χ0n) is 62.0. The van der Waals surface area contributed by atoms with E-state index in [1.165, 1.54) is 46.9 Å². The highest BCUT2D eigenvalue weighted by atomic mass is 35.5. The number of nitrogens with zero attached hydrogens (tertiary/aromatic N) is 7. The second-order valence-corrected chi connectivity index (χ2v) is 32.0. The smallest absolute Gasteiger partial charge is 0.458 e. The first-order valence-corrected chi connectivity index (χ1v) is 39.7. The maximum atomic E-state index is 15.5. The summed E-state index contributed by atoms with van der Waals surface area (Å²) in [5.41, 5.74) is 3.48. The molecule has 1 unspecified atom stereocenters. The fourth-order valence-corrected chi connectivity index (χ4v) is 16.2. The molecule has 4 aromatic carbocycles. The number of benzene rings is 4. The summed E-state index contributed by atoms with van der Waals surface area (Å²) < 4.78 is 38.1. The molecule has 0 saturated carbocycles. The summed E-state index contributed by atoms with van der Waals surface area (Å²) in [7, 11) is 1.32. The number of carbonyl (C=O) groups is 13. The van der Waals surface area contributed by atoms with Crippen LogP contribution in [0.1, 0.15) is 81.0 Å². The number of para-hydroxylation sites is 2. The molecule has 8 N–H and O–H groups in total. The molecule has 7 heterocycles. The van der Waals surface area contributed by atoms with Gasteiger partial charge >= 0.3 is 17.6 Å². The number of halogens is 1. The molecule has 110 heavy (non-hydrogen) atoms. The van der Waals surface area contributed by atoms with Crippen LogP contribution in [0.3, 0.4) is 0 Å². The van der Waals surface area contributed by atoms with Gasteiger partial charge in [0.05, 0.1) is 24.8 Å². The van der Waals surface area contributed by atoms with Crippen LogP contribution in [0.5, 0.6) is 0 Å². The SMILES string of the molecule is CC1[C@@H]2C(=O)N1[C@@H](Cc1c[nH]c3ccccc13)C(=O)N[C@H](C(=O)N1CCC[C@H]1C(=O)O)CC(=O)N[C@@H](C)C(=O)N[C@@H](CC[S+]=O)C(=O)N(C)[C@@H](Cc1ccccc1)C(=O)N[C@@H](Cc1c[nH]c3ccccc13)C(=O)N1CCC[C@H]1C(=O)N(C)CC(=O)N(C)[C@@H](Cc1ccc(Cl)cc1)C(=O)N[C@@H](CCS(C)(=O)=O)C(=O)N2C. The maximum absolute atomic E-state index is 15.5. The second-order valence-electron chi connectivity index (χ2n) is 28.7. The fourth-order valence-electron chi connectivity index (χ4n) is 15.0. The van der Waals surface area contributed by atoms with Crippen LogP contribution in [0.25, 0.3) is 21.8 Å². The second kappa shape index (κ2) is 35.8. The van der Waals surface area contributed by atoms with E-state index in [0.717, 1.165) is 35.7 Å². The fraction of sp³-hybridized carbons (Fsp3) is 0.461. The van der Waals surface area contributed by atoms with Crippen molar-refractivity contribution in [2.45, 2.75) is 157 Å². The van der Waals surface area contributed by atoms with Gasteiger partial charge in [-0.25, -0.2) is 13.2 Å². The third-order valence-electron chi connectivity index (χ3n) is 21.2. The molecule has 5 aliphatic rings. The van der Waals surface area contributed by atoms with Gasteiger partial charge in [0, 0.05) is 123 Å². The number of likely N-dealkylation sites (tertiary alicyclic amines) is 1. The molecular formula is C76H92ClN14O17S2+. The van der Waals surface area contributed by atoms with Crippen LogP contribution in [-0.2, 0) is 114 Å². The van der Waals surface area contributed by atoms with Crippen LogP contribution >= 0.6 is 11.6 Å². The molecule has 12 amide bonds. The quantitative estimate of drug-likeness (QED) is 0.0384. The van der Waals surface area contributed by atoms with Crippen LogP contribution in [-0.4, -0.2) is 273 Å². The number of carboxylic acid groups (broad SMARTS) is 1. The number of aromatic amines is 2. The van der Waals surface area contributed by atoms with Gasteiger partial charge in [-0.05, 0) is 92.5 Å². The van der Waals surface area contributed by atoms with Crippen LogP contribution in [0.15, 0.2) is 116 Å². The minimum absolute atomic E-state index is 0.0188. The number of nitrogens with one attached hydrogen (secondary N) is 7. The average Bonchev–Trinajstić information content (AvgIpc) is 1.36. The molecule has 5 saturated heterocycles. The molecule has 0 spiro atoms. The number of H-pyrrole nitrogens is 2. The van der Waals surface area contributed by atoms with Crippen LogP contribution in [0.4, 0.5) is 0 Å². The van der Waals surface area contributed by atoms with E-state index in [4.69, 9.17) is 11.6 Å². The van der Waals surface area contributed by atoms with Crippen molar-refractivity contribution in [3.05, 3.63) is 143 Å². The molecule has 0 radical (unpaired) electrons. The summed E-state index contributed by atoms with van der Waals surface area (Å²) in [6.45, 7) is 2.04. The van der Waals surface area contributed by atoms with Gasteiger partial charge in [-0.2, -0.15) is 0 Å². The van der Waals surface area contributed by atoms with Gasteiger partial charge in [-0.1, -0.05) is 90.5 Å².